The number of benzene rings is 2. The number of likely N-dealkylation sites (N-methyl/N-ethyl adjacent to an activating group) is 1. The molecule has 0 bridgehead atoms. The van der Waals surface area contributed by atoms with E-state index in [1.807, 2.05) is 6.92 Å². The minimum atomic E-state index is -3.87. The van der Waals surface area contributed by atoms with Crippen molar-refractivity contribution in [3.63, 3.8) is 0 Å². The summed E-state index contributed by atoms with van der Waals surface area (Å²) in [5.74, 6) is -0.232. The summed E-state index contributed by atoms with van der Waals surface area (Å²) >= 11 is 5.83. The second-order valence-corrected chi connectivity index (χ2v) is 10.6. The zero-order chi connectivity index (χ0) is 22.3. The van der Waals surface area contributed by atoms with Gasteiger partial charge in [0.1, 0.15) is 0 Å². The van der Waals surface area contributed by atoms with Gasteiger partial charge in [-0.3, -0.25) is 9.59 Å². The lowest BCUT2D eigenvalue weighted by Crippen LogP contribution is -2.36. The maximum Gasteiger partial charge on any atom is 0.243 e. The van der Waals surface area contributed by atoms with Crippen LogP contribution in [-0.2, 0) is 26.0 Å². The standard InChI is InChI=1S/C22H24ClN3O4S/c1-14-11-16-12-19(9-10-20(16)26(14)22(28)15-3-4-15)31(29,30)25(2)13-21(27)24-18-7-5-17(23)6-8-18/h5-10,12,14-15H,3-4,11,13H2,1-2H3,(H,24,27)/t14-/m0/s1. The van der Waals surface area contributed by atoms with Crippen LogP contribution in [0, 0.1) is 5.92 Å². The van der Waals surface area contributed by atoms with Crippen LogP contribution >= 0.6 is 11.6 Å². The molecule has 1 heterocycles. The topological polar surface area (TPSA) is 86.8 Å². The molecule has 1 aliphatic heterocycles. The molecule has 1 atom stereocenters. The Morgan fingerprint density at radius 3 is 2.48 bits per heavy atom. The zero-order valence-electron chi connectivity index (χ0n) is 17.3. The largest absolute Gasteiger partial charge is 0.325 e. The van der Waals surface area contributed by atoms with Gasteiger partial charge >= 0.3 is 0 Å². The number of hydrogen-bond acceptors (Lipinski definition) is 4. The van der Waals surface area contributed by atoms with Crippen molar-refractivity contribution in [1.82, 2.24) is 4.31 Å². The first-order valence-corrected chi connectivity index (χ1v) is 12.0. The summed E-state index contributed by atoms with van der Waals surface area (Å²) in [5, 5.41) is 3.20. The van der Waals surface area contributed by atoms with Crippen LogP contribution in [0.2, 0.25) is 5.02 Å². The fourth-order valence-corrected chi connectivity index (χ4v) is 5.14. The molecule has 2 aliphatic rings. The van der Waals surface area contributed by atoms with E-state index >= 15 is 0 Å². The predicted molar refractivity (Wildman–Crippen MR) is 120 cm³/mol. The van der Waals surface area contributed by atoms with Gasteiger partial charge in [0.05, 0.1) is 11.4 Å². The Hall–Kier alpha value is -2.42. The molecule has 4 rings (SSSR count). The van der Waals surface area contributed by atoms with E-state index < -0.39 is 15.9 Å². The fraction of sp³-hybridized carbons (Fsp3) is 0.364. The number of nitrogens with zero attached hydrogens (tertiary/aromatic N) is 2. The molecule has 1 saturated carbocycles. The predicted octanol–water partition coefficient (Wildman–Crippen LogP) is 3.29. The van der Waals surface area contributed by atoms with E-state index in [9.17, 15) is 18.0 Å². The number of hydrogen-bond donors (Lipinski definition) is 1. The van der Waals surface area contributed by atoms with E-state index in [1.54, 1.807) is 41.3 Å². The summed E-state index contributed by atoms with van der Waals surface area (Å²) in [6, 6.07) is 11.4. The third kappa shape index (κ3) is 4.46. The van der Waals surface area contributed by atoms with Crippen molar-refractivity contribution in [2.75, 3.05) is 23.8 Å². The van der Waals surface area contributed by atoms with Crippen LogP contribution in [0.15, 0.2) is 47.4 Å². The summed E-state index contributed by atoms with van der Waals surface area (Å²) < 4.78 is 27.1. The molecule has 1 N–H and O–H groups in total. The van der Waals surface area contributed by atoms with Gasteiger partial charge in [-0.05, 0) is 74.2 Å². The summed E-state index contributed by atoms with van der Waals surface area (Å²) in [4.78, 5) is 26.8. The molecule has 2 amide bonds. The number of anilines is 2. The number of sulfonamides is 1. The molecule has 9 heteroatoms. The highest BCUT2D eigenvalue weighted by atomic mass is 35.5. The van der Waals surface area contributed by atoms with Gasteiger partial charge in [-0.2, -0.15) is 4.31 Å². The minimum absolute atomic E-state index is 0.00365. The van der Waals surface area contributed by atoms with Crippen molar-refractivity contribution < 1.29 is 18.0 Å². The van der Waals surface area contributed by atoms with Gasteiger partial charge in [-0.1, -0.05) is 11.6 Å². The van der Waals surface area contributed by atoms with E-state index in [4.69, 9.17) is 11.6 Å². The lowest BCUT2D eigenvalue weighted by molar-refractivity contribution is -0.120. The molecule has 0 saturated heterocycles. The summed E-state index contributed by atoms with van der Waals surface area (Å²) in [7, 11) is -2.50. The molecule has 0 spiro atoms. The van der Waals surface area contributed by atoms with Crippen molar-refractivity contribution in [2.45, 2.75) is 37.1 Å². The Bertz CT molecular complexity index is 1130. The van der Waals surface area contributed by atoms with Crippen molar-refractivity contribution >= 4 is 44.8 Å². The van der Waals surface area contributed by atoms with Gasteiger partial charge < -0.3 is 10.2 Å². The maximum atomic E-state index is 13.0. The quantitative estimate of drug-likeness (QED) is 0.715. The summed E-state index contributed by atoms with van der Waals surface area (Å²) in [6.07, 6.45) is 2.46. The Balaban J connectivity index is 1.48. The van der Waals surface area contributed by atoms with Crippen LogP contribution in [0.3, 0.4) is 0 Å². The monoisotopic (exact) mass is 461 g/mol. The fourth-order valence-electron chi connectivity index (χ4n) is 3.83. The molecule has 0 unspecified atom stereocenters. The Kier molecular flexibility index (Phi) is 5.81. The van der Waals surface area contributed by atoms with E-state index in [2.05, 4.69) is 5.32 Å². The van der Waals surface area contributed by atoms with Crippen LogP contribution < -0.4 is 10.2 Å². The van der Waals surface area contributed by atoms with Crippen molar-refractivity contribution in [3.8, 4) is 0 Å². The van der Waals surface area contributed by atoms with Crippen LogP contribution in [0.4, 0.5) is 11.4 Å². The second-order valence-electron chi connectivity index (χ2n) is 8.14. The highest BCUT2D eigenvalue weighted by molar-refractivity contribution is 7.89. The normalized spacial score (nSPS) is 18.2. The first-order chi connectivity index (χ1) is 14.7. The SMILES string of the molecule is C[C@H]1Cc2cc(S(=O)(=O)N(C)CC(=O)Nc3ccc(Cl)cc3)ccc2N1C(=O)C1CC1. The van der Waals surface area contributed by atoms with Crippen molar-refractivity contribution in [1.29, 1.82) is 0 Å². The molecule has 31 heavy (non-hydrogen) atoms. The Morgan fingerprint density at radius 2 is 1.84 bits per heavy atom. The Labute approximate surface area is 187 Å². The Morgan fingerprint density at radius 1 is 1.16 bits per heavy atom. The number of carbonyl (C=O) groups is 2. The molecule has 1 aliphatic carbocycles. The average molecular weight is 462 g/mol. The molecule has 2 aromatic rings. The molecule has 1 fully saturated rings. The molecule has 0 radical (unpaired) electrons. The van der Waals surface area contributed by atoms with Gasteiger partial charge in [0, 0.05) is 35.4 Å². The first kappa shape index (κ1) is 21.8. The van der Waals surface area contributed by atoms with E-state index in [0.717, 1.165) is 28.4 Å². The third-order valence-electron chi connectivity index (χ3n) is 5.63. The number of amides is 2. The lowest BCUT2D eigenvalue weighted by Gasteiger charge is -2.23. The van der Waals surface area contributed by atoms with Crippen LogP contribution in [0.1, 0.15) is 25.3 Å². The summed E-state index contributed by atoms with van der Waals surface area (Å²) in [6.45, 7) is 1.65. The van der Waals surface area contributed by atoms with Gasteiger partial charge in [0.15, 0.2) is 0 Å². The molecule has 7 nitrogen and oxygen atoms in total. The molecule has 0 aromatic heterocycles. The average Bonchev–Trinajstić information content (AvgIpc) is 3.51. The number of fused-ring (bicyclic) bond motifs is 1. The first-order valence-electron chi connectivity index (χ1n) is 10.1. The second kappa shape index (κ2) is 8.26. The van der Waals surface area contributed by atoms with Gasteiger partial charge in [0.2, 0.25) is 21.8 Å². The van der Waals surface area contributed by atoms with Crippen LogP contribution in [0.25, 0.3) is 0 Å². The highest BCUT2D eigenvalue weighted by Crippen LogP contribution is 2.39. The minimum Gasteiger partial charge on any atom is -0.325 e. The zero-order valence-corrected chi connectivity index (χ0v) is 18.9. The van der Waals surface area contributed by atoms with Gasteiger partial charge in [-0.25, -0.2) is 8.42 Å². The van der Waals surface area contributed by atoms with Gasteiger partial charge in [-0.15, -0.1) is 0 Å². The number of carbonyl (C=O) groups excluding carboxylic acids is 2. The van der Waals surface area contributed by atoms with Crippen molar-refractivity contribution in [2.24, 2.45) is 5.92 Å². The molecule has 2 aromatic carbocycles. The molecule has 164 valence electrons. The number of rotatable bonds is 6. The van der Waals surface area contributed by atoms with Crippen molar-refractivity contribution in [3.05, 3.63) is 53.1 Å². The van der Waals surface area contributed by atoms with E-state index in [-0.39, 0.29) is 29.3 Å². The third-order valence-corrected chi connectivity index (χ3v) is 7.68. The maximum absolute atomic E-state index is 13.0. The van der Waals surface area contributed by atoms with Gasteiger partial charge in [0.25, 0.3) is 0 Å². The molecular formula is C22H24ClN3O4S. The van der Waals surface area contributed by atoms with E-state index in [1.165, 1.54) is 13.1 Å². The van der Waals surface area contributed by atoms with Crippen LogP contribution in [-0.4, -0.2) is 44.2 Å². The molecular weight excluding hydrogens is 438 g/mol. The summed E-state index contributed by atoms with van der Waals surface area (Å²) in [5.41, 5.74) is 2.15. The number of halogens is 1. The smallest absolute Gasteiger partial charge is 0.243 e. The van der Waals surface area contributed by atoms with E-state index in [0.29, 0.717) is 17.1 Å². The highest BCUT2D eigenvalue weighted by Gasteiger charge is 2.40. The number of nitrogens with one attached hydrogen (secondary N) is 1. The van der Waals surface area contributed by atoms with Crippen LogP contribution in [0.5, 0.6) is 0 Å². The lowest BCUT2D eigenvalue weighted by atomic mass is 10.1.